The Morgan fingerprint density at radius 3 is 1.80 bits per heavy atom. The van der Waals surface area contributed by atoms with Gasteiger partial charge in [0.25, 0.3) is 5.69 Å². The average molecular weight is 329 g/mol. The molecule has 3 aromatic rings. The van der Waals surface area contributed by atoms with Crippen LogP contribution < -0.4 is 0 Å². The van der Waals surface area contributed by atoms with E-state index in [9.17, 15) is 14.9 Å². The van der Waals surface area contributed by atoms with Crippen molar-refractivity contribution in [1.82, 2.24) is 0 Å². The van der Waals surface area contributed by atoms with Crippen molar-refractivity contribution in [2.45, 2.75) is 0 Å². The first-order valence-electron chi connectivity index (χ1n) is 7.76. The number of non-ortho nitro benzene ring substituents is 1. The summed E-state index contributed by atoms with van der Waals surface area (Å²) < 4.78 is 0. The van der Waals surface area contributed by atoms with Gasteiger partial charge in [-0.05, 0) is 29.3 Å². The summed E-state index contributed by atoms with van der Waals surface area (Å²) in [6.45, 7) is 0. The largest absolute Gasteiger partial charge is 0.289 e. The Kier molecular flexibility index (Phi) is 4.81. The molecule has 4 nitrogen and oxygen atoms in total. The molecule has 0 unspecified atom stereocenters. The number of benzene rings is 3. The summed E-state index contributed by atoms with van der Waals surface area (Å²) in [5.74, 6) is -0.0925. The second-order valence-corrected chi connectivity index (χ2v) is 5.47. The maximum atomic E-state index is 12.9. The zero-order chi connectivity index (χ0) is 17.6. The first-order valence-corrected chi connectivity index (χ1v) is 7.76. The highest BCUT2D eigenvalue weighted by atomic mass is 16.6. The SMILES string of the molecule is O=C(C(=Cc1ccc([N+](=O)[O-])cc1)c1ccccc1)c1ccccc1. The fourth-order valence-corrected chi connectivity index (χ4v) is 2.50. The smallest absolute Gasteiger partial charge is 0.269 e. The number of nitrogens with zero attached hydrogens (tertiary/aromatic N) is 1. The number of allylic oxidation sites excluding steroid dienone is 1. The summed E-state index contributed by atoms with van der Waals surface area (Å²) >= 11 is 0. The number of nitro groups is 1. The van der Waals surface area contributed by atoms with Crippen molar-refractivity contribution in [3.8, 4) is 0 Å². The summed E-state index contributed by atoms with van der Waals surface area (Å²) in [6, 6.07) is 24.6. The highest BCUT2D eigenvalue weighted by Crippen LogP contribution is 2.24. The molecule has 0 aliphatic carbocycles. The third kappa shape index (κ3) is 3.87. The minimum Gasteiger partial charge on any atom is -0.289 e. The van der Waals surface area contributed by atoms with E-state index in [2.05, 4.69) is 0 Å². The second kappa shape index (κ2) is 7.36. The lowest BCUT2D eigenvalue weighted by Gasteiger charge is -2.08. The van der Waals surface area contributed by atoms with E-state index in [4.69, 9.17) is 0 Å². The number of carbonyl (C=O) groups is 1. The van der Waals surface area contributed by atoms with Crippen LogP contribution >= 0.6 is 0 Å². The summed E-state index contributed by atoms with van der Waals surface area (Å²) in [5.41, 5.74) is 2.69. The van der Waals surface area contributed by atoms with Gasteiger partial charge >= 0.3 is 0 Å². The molecule has 0 bridgehead atoms. The minimum absolute atomic E-state index is 0.0211. The van der Waals surface area contributed by atoms with Gasteiger partial charge in [0.05, 0.1) is 4.92 Å². The average Bonchev–Trinajstić information content (AvgIpc) is 2.67. The van der Waals surface area contributed by atoms with Crippen LogP contribution in [0.4, 0.5) is 5.69 Å². The predicted molar refractivity (Wildman–Crippen MR) is 98.2 cm³/mol. The molecule has 0 aliphatic heterocycles. The Morgan fingerprint density at radius 2 is 1.28 bits per heavy atom. The highest BCUT2D eigenvalue weighted by Gasteiger charge is 2.14. The summed E-state index contributed by atoms with van der Waals surface area (Å²) in [6.07, 6.45) is 1.76. The van der Waals surface area contributed by atoms with Gasteiger partial charge in [0.1, 0.15) is 0 Å². The monoisotopic (exact) mass is 329 g/mol. The topological polar surface area (TPSA) is 60.2 Å². The highest BCUT2D eigenvalue weighted by molar-refractivity contribution is 6.32. The van der Waals surface area contributed by atoms with Gasteiger partial charge in [0.15, 0.2) is 5.78 Å². The first-order chi connectivity index (χ1) is 12.1. The Bertz CT molecular complexity index is 914. The molecule has 0 heterocycles. The molecule has 0 fully saturated rings. The molecule has 4 heteroatoms. The number of nitro benzene ring substituents is 1. The van der Waals surface area contributed by atoms with Crippen molar-refractivity contribution in [3.05, 3.63) is 112 Å². The minimum atomic E-state index is -0.444. The van der Waals surface area contributed by atoms with Gasteiger partial charge in [-0.2, -0.15) is 0 Å². The van der Waals surface area contributed by atoms with Crippen LogP contribution in [0, 0.1) is 10.1 Å². The molecule has 0 saturated heterocycles. The number of hydrogen-bond donors (Lipinski definition) is 0. The van der Waals surface area contributed by atoms with E-state index in [0.717, 1.165) is 11.1 Å². The van der Waals surface area contributed by atoms with Crippen LogP contribution in [0.15, 0.2) is 84.9 Å². The third-order valence-corrected chi connectivity index (χ3v) is 3.78. The maximum Gasteiger partial charge on any atom is 0.269 e. The Labute approximate surface area is 145 Å². The van der Waals surface area contributed by atoms with Crippen LogP contribution in [0.1, 0.15) is 21.5 Å². The quantitative estimate of drug-likeness (QED) is 0.217. The van der Waals surface area contributed by atoms with Gasteiger partial charge in [-0.3, -0.25) is 14.9 Å². The first kappa shape index (κ1) is 16.3. The van der Waals surface area contributed by atoms with Crippen LogP contribution in [0.3, 0.4) is 0 Å². The van der Waals surface area contributed by atoms with Crippen LogP contribution in [0.25, 0.3) is 11.6 Å². The fourth-order valence-electron chi connectivity index (χ4n) is 2.50. The summed E-state index contributed by atoms with van der Waals surface area (Å²) in [4.78, 5) is 23.3. The molecule has 0 spiro atoms. The van der Waals surface area contributed by atoms with E-state index < -0.39 is 4.92 Å². The van der Waals surface area contributed by atoms with Crippen LogP contribution in [-0.4, -0.2) is 10.7 Å². The van der Waals surface area contributed by atoms with Crippen molar-refractivity contribution in [3.63, 3.8) is 0 Å². The molecule has 3 aromatic carbocycles. The van der Waals surface area contributed by atoms with Crippen LogP contribution in [0.5, 0.6) is 0 Å². The molecule has 122 valence electrons. The number of carbonyl (C=O) groups excluding carboxylic acids is 1. The lowest BCUT2D eigenvalue weighted by Crippen LogP contribution is -2.02. The van der Waals surface area contributed by atoms with E-state index >= 15 is 0 Å². The van der Waals surface area contributed by atoms with Gasteiger partial charge in [-0.15, -0.1) is 0 Å². The van der Waals surface area contributed by atoms with E-state index in [1.165, 1.54) is 12.1 Å². The molecule has 0 aromatic heterocycles. The number of ketones is 1. The second-order valence-electron chi connectivity index (χ2n) is 5.47. The Hall–Kier alpha value is -3.53. The normalized spacial score (nSPS) is 11.1. The molecular formula is C21H15NO3. The number of Topliss-reactive ketones (excluding diaryl/α,β-unsaturated/α-hetero) is 1. The predicted octanol–water partition coefficient (Wildman–Crippen LogP) is 5.02. The van der Waals surface area contributed by atoms with E-state index in [1.54, 1.807) is 30.3 Å². The van der Waals surface area contributed by atoms with Crippen molar-refractivity contribution < 1.29 is 9.72 Å². The zero-order valence-electron chi connectivity index (χ0n) is 13.3. The number of rotatable bonds is 5. The summed E-state index contributed by atoms with van der Waals surface area (Å²) in [5, 5.41) is 10.8. The Morgan fingerprint density at radius 1 is 0.760 bits per heavy atom. The fraction of sp³-hybridized carbons (Fsp3) is 0. The van der Waals surface area contributed by atoms with Crippen molar-refractivity contribution in [2.24, 2.45) is 0 Å². The van der Waals surface area contributed by atoms with Gasteiger partial charge in [-0.1, -0.05) is 60.7 Å². The summed E-state index contributed by atoms with van der Waals surface area (Å²) in [7, 11) is 0. The van der Waals surface area contributed by atoms with Gasteiger partial charge in [-0.25, -0.2) is 0 Å². The zero-order valence-corrected chi connectivity index (χ0v) is 13.3. The molecule has 25 heavy (non-hydrogen) atoms. The van der Waals surface area contributed by atoms with Gasteiger partial charge in [0, 0.05) is 23.3 Å². The Balaban J connectivity index is 2.05. The number of hydrogen-bond acceptors (Lipinski definition) is 3. The van der Waals surface area contributed by atoms with Crippen LogP contribution in [-0.2, 0) is 0 Å². The molecule has 0 radical (unpaired) electrons. The van der Waals surface area contributed by atoms with Crippen molar-refractivity contribution >= 4 is 23.1 Å². The molecule has 0 aliphatic rings. The molecule has 0 N–H and O–H groups in total. The third-order valence-electron chi connectivity index (χ3n) is 3.78. The van der Waals surface area contributed by atoms with E-state index in [-0.39, 0.29) is 11.5 Å². The molecule has 0 atom stereocenters. The van der Waals surface area contributed by atoms with Gasteiger partial charge in [0.2, 0.25) is 0 Å². The molecule has 0 amide bonds. The molecular weight excluding hydrogens is 314 g/mol. The van der Waals surface area contributed by atoms with Crippen molar-refractivity contribution in [2.75, 3.05) is 0 Å². The lowest BCUT2D eigenvalue weighted by atomic mass is 9.95. The lowest BCUT2D eigenvalue weighted by molar-refractivity contribution is -0.384. The molecule has 0 saturated carbocycles. The maximum absolute atomic E-state index is 12.9. The van der Waals surface area contributed by atoms with Crippen LogP contribution in [0.2, 0.25) is 0 Å². The van der Waals surface area contributed by atoms with Crippen molar-refractivity contribution in [1.29, 1.82) is 0 Å². The van der Waals surface area contributed by atoms with E-state index in [0.29, 0.717) is 11.1 Å². The standard InChI is InChI=1S/C21H15NO3/c23-21(18-9-5-2-6-10-18)20(17-7-3-1-4-8-17)15-16-11-13-19(14-12-16)22(24)25/h1-15H. The van der Waals surface area contributed by atoms with Gasteiger partial charge < -0.3 is 0 Å². The van der Waals surface area contributed by atoms with E-state index in [1.807, 2.05) is 48.5 Å². The molecule has 3 rings (SSSR count).